The number of thiazole rings is 2. The highest BCUT2D eigenvalue weighted by Crippen LogP contribution is 2.62. The van der Waals surface area contributed by atoms with E-state index in [9.17, 15) is 0 Å². The summed E-state index contributed by atoms with van der Waals surface area (Å²) in [7, 11) is 0. The maximum atomic E-state index is 6.71. The Morgan fingerprint density at radius 3 is 1.92 bits per heavy atom. The molecule has 50 heavy (non-hydrogen) atoms. The van der Waals surface area contributed by atoms with Crippen LogP contribution in [0.3, 0.4) is 0 Å². The molecule has 0 fully saturated rings. The number of hydrogen-bond acceptors (Lipinski definition) is 8. The zero-order valence-electron chi connectivity index (χ0n) is 26.0. The first kappa shape index (κ1) is 27.7. The average Bonchev–Trinajstić information content (AvgIpc) is 3.89. The number of anilines is 3. The molecule has 0 radical (unpaired) electrons. The van der Waals surface area contributed by atoms with Crippen LogP contribution >= 0.6 is 46.2 Å². The predicted octanol–water partition coefficient (Wildman–Crippen LogP) is 13.7. The number of hydrogen-bond donors (Lipinski definition) is 0. The minimum Gasteiger partial charge on any atom is -0.455 e. The summed E-state index contributed by atoms with van der Waals surface area (Å²) in [5, 5.41) is 6.69. The Kier molecular flexibility index (Phi) is 5.65. The Morgan fingerprint density at radius 2 is 1.16 bits per heavy atom. The lowest BCUT2D eigenvalue weighted by atomic mass is 10.1. The Hall–Kier alpha value is -5.12. The van der Waals surface area contributed by atoms with Crippen molar-refractivity contribution >= 4 is 116 Å². The van der Waals surface area contributed by atoms with Crippen molar-refractivity contribution < 1.29 is 4.42 Å². The van der Waals surface area contributed by atoms with Crippen LogP contribution in [-0.2, 0) is 0 Å². The third kappa shape index (κ3) is 3.96. The van der Waals surface area contributed by atoms with Gasteiger partial charge in [0.1, 0.15) is 21.2 Å². The summed E-state index contributed by atoms with van der Waals surface area (Å²) >= 11 is 7.18. The molecule has 0 atom stereocenters. The molecule has 3 aromatic heterocycles. The predicted molar refractivity (Wildman–Crippen MR) is 211 cm³/mol. The van der Waals surface area contributed by atoms with Crippen LogP contribution in [0.4, 0.5) is 17.1 Å². The summed E-state index contributed by atoms with van der Waals surface area (Å²) in [4.78, 5) is 17.4. The molecule has 0 spiro atoms. The summed E-state index contributed by atoms with van der Waals surface area (Å²) in [5.74, 6) is 0. The van der Waals surface area contributed by atoms with Crippen molar-refractivity contribution in [2.75, 3.05) is 4.90 Å². The van der Waals surface area contributed by atoms with Gasteiger partial charge in [-0.1, -0.05) is 78.1 Å². The molecule has 0 amide bonds. The minimum atomic E-state index is 0.901. The van der Waals surface area contributed by atoms with Crippen LogP contribution in [-0.4, -0.2) is 9.97 Å². The standard InChI is InChI=1S/C42H21N3OS4/c1-2-8-25-22(7-1)13-15-26-27-20-36-31(21-32(27)46-40(25)26)45-30-16-14-23(41-43-28-9-3-5-11-33(28)49-41)17-35(30)47-37-18-24(19-38(48-36)39(37)45)42-44-29-10-4-6-12-34(29)50-42/h1-21H. The molecule has 0 aliphatic carbocycles. The summed E-state index contributed by atoms with van der Waals surface area (Å²) in [6, 6.07) is 45.7. The molecule has 2 aliphatic heterocycles. The molecular formula is C42H21N3OS4. The summed E-state index contributed by atoms with van der Waals surface area (Å²) in [6.07, 6.45) is 0. The van der Waals surface area contributed by atoms with E-state index in [1.165, 1.54) is 45.7 Å². The molecule has 5 heterocycles. The van der Waals surface area contributed by atoms with Gasteiger partial charge in [0.05, 0.1) is 37.5 Å². The van der Waals surface area contributed by atoms with Gasteiger partial charge in [-0.2, -0.15) is 0 Å². The van der Waals surface area contributed by atoms with Crippen molar-refractivity contribution in [3.8, 4) is 21.1 Å². The molecular weight excluding hydrogens is 691 g/mol. The quantitative estimate of drug-likeness (QED) is 0.178. The highest BCUT2D eigenvalue weighted by molar-refractivity contribution is 8.00. The lowest BCUT2D eigenvalue weighted by Gasteiger charge is -2.38. The van der Waals surface area contributed by atoms with Crippen molar-refractivity contribution in [2.24, 2.45) is 0 Å². The molecule has 0 saturated heterocycles. The van der Waals surface area contributed by atoms with Crippen LogP contribution in [0.2, 0.25) is 0 Å². The molecule has 7 aromatic carbocycles. The molecule has 0 saturated carbocycles. The van der Waals surface area contributed by atoms with E-state index in [0.29, 0.717) is 0 Å². The van der Waals surface area contributed by atoms with E-state index >= 15 is 0 Å². The Labute approximate surface area is 302 Å². The second-order valence-electron chi connectivity index (χ2n) is 12.6. The van der Waals surface area contributed by atoms with Gasteiger partial charge in [-0.15, -0.1) is 22.7 Å². The molecule has 4 nitrogen and oxygen atoms in total. The van der Waals surface area contributed by atoms with E-state index in [0.717, 1.165) is 65.2 Å². The maximum Gasteiger partial charge on any atom is 0.143 e. The lowest BCUT2D eigenvalue weighted by Crippen LogP contribution is -2.19. The summed E-state index contributed by atoms with van der Waals surface area (Å²) in [6.45, 7) is 0. The van der Waals surface area contributed by atoms with Crippen molar-refractivity contribution in [3.63, 3.8) is 0 Å². The zero-order chi connectivity index (χ0) is 32.5. The molecule has 0 unspecified atom stereocenters. The Balaban J connectivity index is 1.09. The van der Waals surface area contributed by atoms with E-state index in [4.69, 9.17) is 14.4 Å². The van der Waals surface area contributed by atoms with Crippen LogP contribution in [0.25, 0.3) is 74.3 Å². The van der Waals surface area contributed by atoms with Crippen LogP contribution in [0.5, 0.6) is 0 Å². The van der Waals surface area contributed by atoms with Gasteiger partial charge in [-0.05, 0) is 72.1 Å². The topological polar surface area (TPSA) is 42.2 Å². The van der Waals surface area contributed by atoms with Gasteiger partial charge in [0, 0.05) is 52.9 Å². The van der Waals surface area contributed by atoms with Gasteiger partial charge >= 0.3 is 0 Å². The van der Waals surface area contributed by atoms with Crippen molar-refractivity contribution in [3.05, 3.63) is 127 Å². The van der Waals surface area contributed by atoms with Gasteiger partial charge in [-0.3, -0.25) is 0 Å². The highest BCUT2D eigenvalue weighted by atomic mass is 32.2. The second-order valence-corrected chi connectivity index (χ2v) is 16.8. The molecule has 0 bridgehead atoms. The van der Waals surface area contributed by atoms with Crippen molar-refractivity contribution in [1.29, 1.82) is 0 Å². The van der Waals surface area contributed by atoms with Crippen LogP contribution in [0.15, 0.2) is 151 Å². The molecule has 8 heteroatoms. The fourth-order valence-electron chi connectivity index (χ4n) is 7.37. The molecule has 0 N–H and O–H groups in total. The van der Waals surface area contributed by atoms with E-state index in [1.807, 2.05) is 23.5 Å². The van der Waals surface area contributed by atoms with Gasteiger partial charge in [0.15, 0.2) is 0 Å². The van der Waals surface area contributed by atoms with Gasteiger partial charge in [0.25, 0.3) is 0 Å². The van der Waals surface area contributed by atoms with Crippen molar-refractivity contribution in [1.82, 2.24) is 9.97 Å². The summed E-state index contributed by atoms with van der Waals surface area (Å²) in [5.41, 5.74) is 9.74. The first-order valence-corrected chi connectivity index (χ1v) is 19.6. The van der Waals surface area contributed by atoms with E-state index in [1.54, 1.807) is 22.7 Å². The van der Waals surface area contributed by atoms with E-state index in [2.05, 4.69) is 132 Å². The first-order chi connectivity index (χ1) is 24.7. The van der Waals surface area contributed by atoms with E-state index < -0.39 is 0 Å². The monoisotopic (exact) mass is 711 g/mol. The smallest absolute Gasteiger partial charge is 0.143 e. The Morgan fingerprint density at radius 1 is 0.500 bits per heavy atom. The highest BCUT2D eigenvalue weighted by Gasteiger charge is 2.35. The van der Waals surface area contributed by atoms with Crippen LogP contribution in [0.1, 0.15) is 0 Å². The Bertz CT molecular complexity index is 3020. The number of para-hydroxylation sites is 2. The number of furan rings is 1. The average molecular weight is 712 g/mol. The third-order valence-electron chi connectivity index (χ3n) is 9.67. The largest absolute Gasteiger partial charge is 0.455 e. The third-order valence-corrected chi connectivity index (χ3v) is 14.0. The molecule has 234 valence electrons. The van der Waals surface area contributed by atoms with Gasteiger partial charge in [-0.25, -0.2) is 9.97 Å². The van der Waals surface area contributed by atoms with Gasteiger partial charge in [0.2, 0.25) is 0 Å². The number of nitrogens with zero attached hydrogens (tertiary/aromatic N) is 3. The fraction of sp³-hybridized carbons (Fsp3) is 0. The van der Waals surface area contributed by atoms with Crippen LogP contribution in [0, 0.1) is 0 Å². The zero-order valence-corrected chi connectivity index (χ0v) is 29.3. The minimum absolute atomic E-state index is 0.901. The molecule has 2 aliphatic rings. The SMILES string of the molecule is c1ccc2c(c1)ccc1c3cc4c(cc3oc21)N1c2ccc(-c3nc5ccccc5s3)cc2Sc2cc(-c3nc5ccccc5s3)cc(c21)S4. The molecule has 12 rings (SSSR count). The summed E-state index contributed by atoms with van der Waals surface area (Å²) < 4.78 is 9.11. The normalized spacial score (nSPS) is 13.4. The number of rotatable bonds is 2. The first-order valence-electron chi connectivity index (χ1n) is 16.3. The fourth-order valence-corrected chi connectivity index (χ4v) is 11.7. The number of aromatic nitrogens is 2. The number of benzene rings is 7. The molecule has 10 aromatic rings. The maximum absolute atomic E-state index is 6.71. The van der Waals surface area contributed by atoms with Gasteiger partial charge < -0.3 is 9.32 Å². The van der Waals surface area contributed by atoms with Crippen molar-refractivity contribution in [2.45, 2.75) is 19.6 Å². The van der Waals surface area contributed by atoms with E-state index in [-0.39, 0.29) is 0 Å². The van der Waals surface area contributed by atoms with Crippen LogP contribution < -0.4 is 4.90 Å². The lowest BCUT2D eigenvalue weighted by molar-refractivity contribution is 0.672. The second kappa shape index (κ2) is 10.2. The number of fused-ring (bicyclic) bond motifs is 11.